The summed E-state index contributed by atoms with van der Waals surface area (Å²) in [6, 6.07) is 9.43. The van der Waals surface area contributed by atoms with Crippen LogP contribution in [-0.4, -0.2) is 12.3 Å². The second kappa shape index (κ2) is 15.7. The normalized spacial score (nSPS) is 18.3. The van der Waals surface area contributed by atoms with Crippen LogP contribution in [0.25, 0.3) is 6.08 Å². The van der Waals surface area contributed by atoms with E-state index in [0.29, 0.717) is 0 Å². The molecule has 1 unspecified atom stereocenters. The molecule has 0 bridgehead atoms. The Morgan fingerprint density at radius 2 is 1.37 bits per heavy atom. The summed E-state index contributed by atoms with van der Waals surface area (Å²) in [6.45, 7) is 16.9. The van der Waals surface area contributed by atoms with Gasteiger partial charge in [-0.15, -0.1) is 0 Å². The van der Waals surface area contributed by atoms with Crippen molar-refractivity contribution in [2.24, 2.45) is 5.41 Å². The van der Waals surface area contributed by atoms with Gasteiger partial charge in [-0.25, -0.2) is 0 Å². The van der Waals surface area contributed by atoms with E-state index in [1.165, 1.54) is 63.7 Å². The topological polar surface area (TPSA) is 0 Å². The molecule has 0 saturated carbocycles. The molecule has 35 heavy (non-hydrogen) atoms. The third kappa shape index (κ3) is 7.91. The van der Waals surface area contributed by atoms with E-state index in [1.807, 2.05) is 8.64 Å². The van der Waals surface area contributed by atoms with Crippen LogP contribution in [0, 0.1) is 5.41 Å². The molecular formula is C31H47Cl2HfP. The van der Waals surface area contributed by atoms with Gasteiger partial charge in [-0.2, -0.15) is 0 Å². The number of hydrogen-bond donors (Lipinski definition) is 0. The van der Waals surface area contributed by atoms with Crippen LogP contribution < -0.4 is 24.8 Å². The Morgan fingerprint density at radius 3 is 1.89 bits per heavy atom. The summed E-state index contributed by atoms with van der Waals surface area (Å²) >= 11 is -1.08. The molecule has 0 radical (unpaired) electrons. The molecule has 1 aromatic rings. The van der Waals surface area contributed by atoms with Crippen LogP contribution in [0.4, 0.5) is 0 Å². The van der Waals surface area contributed by atoms with Crippen LogP contribution in [0.3, 0.4) is 0 Å². The third-order valence-corrected chi connectivity index (χ3v) is 19.8. The van der Waals surface area contributed by atoms with Crippen LogP contribution in [0.2, 0.25) is 0 Å². The molecule has 0 aromatic heterocycles. The van der Waals surface area contributed by atoms with Crippen LogP contribution >= 0.6 is 7.92 Å². The van der Waals surface area contributed by atoms with Gasteiger partial charge in [0.1, 0.15) is 0 Å². The first-order valence-electron chi connectivity index (χ1n) is 13.5. The summed E-state index contributed by atoms with van der Waals surface area (Å²) in [5.41, 5.74) is 8.38. The zero-order valence-electron chi connectivity index (χ0n) is 23.2. The van der Waals surface area contributed by atoms with Gasteiger partial charge in [-0.1, -0.05) is 0 Å². The van der Waals surface area contributed by atoms with Crippen molar-refractivity contribution in [2.75, 3.05) is 12.3 Å². The maximum atomic E-state index is 2.68. The fraction of sp³-hybridized carbons (Fsp3) is 0.613. The molecule has 194 valence electrons. The molecule has 1 aromatic carbocycles. The summed E-state index contributed by atoms with van der Waals surface area (Å²) in [6.07, 6.45) is 16.9. The molecule has 0 aliphatic heterocycles. The first kappa shape index (κ1) is 33.3. The summed E-state index contributed by atoms with van der Waals surface area (Å²) < 4.78 is 2.67. The van der Waals surface area contributed by atoms with E-state index in [2.05, 4.69) is 78.8 Å². The second-order valence-electron chi connectivity index (χ2n) is 10.8. The minimum atomic E-state index is -1.08. The molecule has 0 spiro atoms. The fourth-order valence-electron chi connectivity index (χ4n) is 5.59. The number of benzene rings is 1. The van der Waals surface area contributed by atoms with Gasteiger partial charge in [-0.3, -0.25) is 0 Å². The van der Waals surface area contributed by atoms with Gasteiger partial charge < -0.3 is 24.8 Å². The first-order chi connectivity index (χ1) is 15.8. The molecule has 1 atom stereocenters. The Morgan fingerprint density at radius 1 is 0.800 bits per heavy atom. The number of fused-ring (bicyclic) bond motifs is 1. The minimum absolute atomic E-state index is 0. The van der Waals surface area contributed by atoms with Gasteiger partial charge in [0.05, 0.1) is 0 Å². The van der Waals surface area contributed by atoms with Crippen LogP contribution in [0.5, 0.6) is 0 Å². The van der Waals surface area contributed by atoms with Crippen molar-refractivity contribution < 1.29 is 47.7 Å². The minimum Gasteiger partial charge on any atom is -1.00 e. The van der Waals surface area contributed by atoms with Crippen LogP contribution in [0.15, 0.2) is 49.6 Å². The van der Waals surface area contributed by atoms with Gasteiger partial charge in [0.2, 0.25) is 0 Å². The molecule has 2 aliphatic rings. The maximum Gasteiger partial charge on any atom is -1.00 e. The number of hydrogen-bond acceptors (Lipinski definition) is 0. The molecular weight excluding hydrogens is 653 g/mol. The Balaban J connectivity index is 0.00000306. The SMILES string of the molecule is CCCCCCP(CCCCCC)C1=Cc2ccccc2[CH]1[Hf+2][C]1=C(C)C(C)=C(C)C1(C)C.[Cl-].[Cl-]. The average Bonchev–Trinajstić information content (AvgIpc) is 3.23. The Hall–Kier alpha value is 0.320. The first-order valence-corrected chi connectivity index (χ1v) is 19.1. The summed E-state index contributed by atoms with van der Waals surface area (Å²) in [5, 5.41) is 1.90. The Kier molecular flexibility index (Phi) is 14.9. The van der Waals surface area contributed by atoms with E-state index >= 15 is 0 Å². The largest absolute Gasteiger partial charge is 1.00 e. The van der Waals surface area contributed by atoms with E-state index < -0.39 is 22.9 Å². The number of halogens is 2. The van der Waals surface area contributed by atoms with Crippen molar-refractivity contribution in [2.45, 2.75) is 104 Å². The van der Waals surface area contributed by atoms with Crippen molar-refractivity contribution in [3.05, 3.63) is 60.8 Å². The predicted octanol–water partition coefficient (Wildman–Crippen LogP) is 4.47. The number of allylic oxidation sites excluding steroid dienone is 5. The zero-order chi connectivity index (χ0) is 24.0. The van der Waals surface area contributed by atoms with Gasteiger partial charge >= 0.3 is 219 Å². The molecule has 0 heterocycles. The van der Waals surface area contributed by atoms with E-state index in [-0.39, 0.29) is 38.2 Å². The number of rotatable bonds is 13. The van der Waals surface area contributed by atoms with Crippen molar-refractivity contribution in [1.82, 2.24) is 0 Å². The van der Waals surface area contributed by atoms with E-state index in [0.717, 1.165) is 3.67 Å². The summed E-state index contributed by atoms with van der Waals surface area (Å²) in [7, 11) is 0.00539. The van der Waals surface area contributed by atoms with Crippen molar-refractivity contribution in [1.29, 1.82) is 0 Å². The van der Waals surface area contributed by atoms with Gasteiger partial charge in [0.25, 0.3) is 0 Å². The molecule has 4 heteroatoms. The summed E-state index contributed by atoms with van der Waals surface area (Å²) in [4.78, 5) is 0. The maximum absolute atomic E-state index is 2.68. The Bertz CT molecular complexity index is 900. The van der Waals surface area contributed by atoms with Crippen molar-refractivity contribution >= 4 is 14.0 Å². The average molecular weight is 700 g/mol. The van der Waals surface area contributed by atoms with E-state index in [1.54, 1.807) is 27.8 Å². The molecule has 2 aliphatic carbocycles. The van der Waals surface area contributed by atoms with Crippen molar-refractivity contribution in [3.8, 4) is 0 Å². The molecule has 0 saturated heterocycles. The van der Waals surface area contributed by atoms with Crippen molar-refractivity contribution in [3.63, 3.8) is 0 Å². The molecule has 3 rings (SSSR count). The predicted molar refractivity (Wildman–Crippen MR) is 147 cm³/mol. The van der Waals surface area contributed by atoms with E-state index in [9.17, 15) is 0 Å². The molecule has 0 fully saturated rings. The van der Waals surface area contributed by atoms with Crippen LogP contribution in [-0.2, 0) is 22.9 Å². The van der Waals surface area contributed by atoms with Crippen LogP contribution in [0.1, 0.15) is 115 Å². The van der Waals surface area contributed by atoms with Gasteiger partial charge in [0, 0.05) is 0 Å². The Labute approximate surface area is 242 Å². The second-order valence-corrected chi connectivity index (χ2v) is 18.2. The smallest absolute Gasteiger partial charge is 1.00 e. The molecule has 0 amide bonds. The quantitative estimate of drug-likeness (QED) is 0.162. The summed E-state index contributed by atoms with van der Waals surface area (Å²) in [5.74, 6) is 0. The van der Waals surface area contributed by atoms with E-state index in [4.69, 9.17) is 0 Å². The van der Waals surface area contributed by atoms with Gasteiger partial charge in [-0.05, 0) is 0 Å². The van der Waals surface area contributed by atoms with Gasteiger partial charge in [0.15, 0.2) is 0 Å². The standard InChI is InChI=1S/C21H32P.C10H15.2ClH.Hf/c1-3-5-7-11-15-22(16-12-8-6-4-2)21-17-19-13-9-10-14-20(19)18-21;1-7-6-10(4,5)9(3)8(7)2;;;/h9-10,13-14,17-18H,3-8,11-12,15-16H2,1-2H3;1-5H3;2*1H;/q;;;;+2/p-2. The zero-order valence-corrected chi connectivity index (χ0v) is 29.2. The monoisotopic (exact) mass is 700 g/mol. The third-order valence-electron chi connectivity index (χ3n) is 8.19. The fourth-order valence-corrected chi connectivity index (χ4v) is 17.7. The molecule has 0 nitrogen and oxygen atoms in total. The number of unbranched alkanes of at least 4 members (excludes halogenated alkanes) is 6. The molecule has 0 N–H and O–H groups in total.